The van der Waals surface area contributed by atoms with Gasteiger partial charge in [0.15, 0.2) is 23.2 Å². The number of carbonyl (C=O) groups excluding carboxylic acids is 3. The maximum Gasteiger partial charge on any atom is 0.282 e. The van der Waals surface area contributed by atoms with Crippen LogP contribution >= 0.6 is 8.53 Å². The number of ether oxygens (including phenoxy) is 4. The second-order valence-electron chi connectivity index (χ2n) is 20.8. The first-order chi connectivity index (χ1) is 38.4. The standard InChI is InChI=1S/C59H62N9O11P/c1-36(2)67(37(3)4)80(77-32-14-31-60)79-51-47(33-76-59(40-15-11-10-12-16-40,41-23-27-43(74-8)28-24-41)42-25-29-44(75-9)30-26-42)78-57(50(51)66-55(70)45-17-13-18-46(68(72)73)48(45)56(66)71)65-35-63-49-52(61-34-62-53(49)65)64-54(69)38-19-21-39(22-20-38)58(5,6)7/h10-13,15-30,34-37,47,50-51,57H,14,32-33H2,1-9H3,(H,61,62,64,69)/t47-,50-,51-,57-,80?/m1/s1. The number of hydrogen-bond acceptors (Lipinski definition) is 16. The molecule has 2 aliphatic rings. The van der Waals surface area contributed by atoms with Crippen molar-refractivity contribution in [3.63, 3.8) is 0 Å². The van der Waals surface area contributed by atoms with Crippen molar-refractivity contribution < 1.29 is 47.3 Å². The summed E-state index contributed by atoms with van der Waals surface area (Å²) < 4.78 is 43.3. The van der Waals surface area contributed by atoms with Gasteiger partial charge in [0.25, 0.3) is 31.9 Å². The Morgan fingerprint density at radius 1 is 0.825 bits per heavy atom. The molecule has 0 radical (unpaired) electrons. The van der Waals surface area contributed by atoms with Crippen molar-refractivity contribution in [2.24, 2.45) is 0 Å². The molecule has 7 aromatic rings. The van der Waals surface area contributed by atoms with E-state index in [1.807, 2.05) is 123 Å². The van der Waals surface area contributed by atoms with E-state index in [4.69, 9.17) is 33.0 Å². The molecule has 2 aliphatic heterocycles. The van der Waals surface area contributed by atoms with E-state index in [2.05, 4.69) is 42.1 Å². The number of carbonyl (C=O) groups is 3. The van der Waals surface area contributed by atoms with Crippen LogP contribution < -0.4 is 14.8 Å². The molecular formula is C59H62N9O11P. The Labute approximate surface area is 464 Å². The van der Waals surface area contributed by atoms with Crippen molar-refractivity contribution in [2.75, 3.05) is 32.8 Å². The molecule has 5 aromatic carbocycles. The fourth-order valence-electron chi connectivity index (χ4n) is 10.3. The van der Waals surface area contributed by atoms with E-state index < -0.39 is 72.5 Å². The minimum atomic E-state index is -2.17. The number of nitrogens with zero attached hydrogens (tertiary/aromatic N) is 8. The zero-order valence-electron chi connectivity index (χ0n) is 45.8. The zero-order valence-corrected chi connectivity index (χ0v) is 46.7. The lowest BCUT2D eigenvalue weighted by atomic mass is 9.80. The summed E-state index contributed by atoms with van der Waals surface area (Å²) in [6, 6.07) is 35.9. The lowest BCUT2D eigenvalue weighted by Gasteiger charge is -2.40. The number of hydrogen-bond donors (Lipinski definition) is 1. The minimum Gasteiger partial charge on any atom is -0.497 e. The van der Waals surface area contributed by atoms with Crippen LogP contribution in [0, 0.1) is 21.4 Å². The second kappa shape index (κ2) is 23.7. The molecule has 80 heavy (non-hydrogen) atoms. The molecule has 3 amide bonds. The lowest BCUT2D eigenvalue weighted by Crippen LogP contribution is -2.51. The van der Waals surface area contributed by atoms with Gasteiger partial charge >= 0.3 is 0 Å². The number of rotatable bonds is 21. The fourth-order valence-corrected chi connectivity index (χ4v) is 12.1. The molecule has 0 aliphatic carbocycles. The van der Waals surface area contributed by atoms with Gasteiger partial charge < -0.3 is 33.3 Å². The van der Waals surface area contributed by atoms with E-state index in [0.717, 1.165) is 16.0 Å². The summed E-state index contributed by atoms with van der Waals surface area (Å²) in [5.74, 6) is -1.02. The maximum atomic E-state index is 15.2. The monoisotopic (exact) mass is 1100 g/mol. The fraction of sp³-hybridized carbons (Fsp3) is 0.339. The highest BCUT2D eigenvalue weighted by Crippen LogP contribution is 2.53. The first-order valence-corrected chi connectivity index (χ1v) is 27.2. The number of imide groups is 1. The SMILES string of the molecule is COc1ccc(C(OC[C@H]2O[C@@H](n3cnc4c(NC(=O)c5ccc(C(C)(C)C)cc5)ncnc43)[C@H](N3C(=O)c4cccc([N+](=O)[O-])c4C3=O)[C@@H]2OP(OCCC#N)N(C(C)C)C(C)C)(c2ccccc2)c2ccc(OC)cc2)cc1. The molecule has 1 saturated heterocycles. The Hall–Kier alpha value is -8.02. The molecule has 0 spiro atoms. The van der Waals surface area contributed by atoms with Crippen LogP contribution in [0.15, 0.2) is 134 Å². The van der Waals surface area contributed by atoms with Crippen LogP contribution in [0.25, 0.3) is 11.2 Å². The number of nitriles is 1. The quantitative estimate of drug-likeness (QED) is 0.0176. The highest BCUT2D eigenvalue weighted by atomic mass is 31.2. The number of imidazole rings is 1. The summed E-state index contributed by atoms with van der Waals surface area (Å²) in [7, 11) is 0.983. The number of nitro groups is 1. The van der Waals surface area contributed by atoms with Crippen LogP contribution in [0.1, 0.15) is 114 Å². The average Bonchev–Trinajstić information content (AvgIpc) is 4.21. The number of benzene rings is 5. The molecule has 5 atom stereocenters. The number of anilines is 1. The first kappa shape index (κ1) is 56.7. The van der Waals surface area contributed by atoms with Gasteiger partial charge in [-0.25, -0.2) is 19.6 Å². The van der Waals surface area contributed by atoms with Gasteiger partial charge in [-0.3, -0.25) is 34.0 Å². The van der Waals surface area contributed by atoms with Crippen molar-refractivity contribution in [1.82, 2.24) is 29.1 Å². The van der Waals surface area contributed by atoms with Gasteiger partial charge in [0.05, 0.1) is 56.7 Å². The van der Waals surface area contributed by atoms with E-state index >= 15 is 9.59 Å². The molecule has 21 heteroatoms. The predicted molar refractivity (Wildman–Crippen MR) is 298 cm³/mol. The number of amides is 3. The molecule has 1 fully saturated rings. The molecule has 9 rings (SSSR count). The van der Waals surface area contributed by atoms with Gasteiger partial charge in [-0.1, -0.05) is 93.6 Å². The summed E-state index contributed by atoms with van der Waals surface area (Å²) in [5.41, 5.74) is 1.05. The van der Waals surface area contributed by atoms with E-state index in [1.165, 1.54) is 35.4 Å². The molecular weight excluding hydrogens is 1040 g/mol. The molecule has 2 aromatic heterocycles. The van der Waals surface area contributed by atoms with Gasteiger partial charge in [-0.05, 0) is 97.8 Å². The van der Waals surface area contributed by atoms with Crippen LogP contribution in [-0.4, -0.2) is 110 Å². The van der Waals surface area contributed by atoms with Crippen molar-refractivity contribution >= 4 is 48.9 Å². The summed E-state index contributed by atoms with van der Waals surface area (Å²) >= 11 is 0. The third-order valence-electron chi connectivity index (χ3n) is 14.1. The smallest absolute Gasteiger partial charge is 0.282 e. The topological polar surface area (TPSA) is 236 Å². The van der Waals surface area contributed by atoms with Gasteiger partial charge in [-0.15, -0.1) is 0 Å². The second-order valence-corrected chi connectivity index (χ2v) is 22.2. The summed E-state index contributed by atoms with van der Waals surface area (Å²) in [6.07, 6.45) is -1.34. The highest BCUT2D eigenvalue weighted by Gasteiger charge is 2.58. The average molecular weight is 1100 g/mol. The predicted octanol–water partition coefficient (Wildman–Crippen LogP) is 10.5. The Balaban J connectivity index is 1.23. The molecule has 0 bridgehead atoms. The van der Waals surface area contributed by atoms with E-state index in [0.29, 0.717) is 28.2 Å². The molecule has 1 unspecified atom stereocenters. The Bertz CT molecular complexity index is 3370. The van der Waals surface area contributed by atoms with E-state index in [1.54, 1.807) is 26.4 Å². The lowest BCUT2D eigenvalue weighted by molar-refractivity contribution is -0.385. The van der Waals surface area contributed by atoms with E-state index in [-0.39, 0.29) is 59.7 Å². The number of methoxy groups -OCH3 is 2. The van der Waals surface area contributed by atoms with Crippen LogP contribution in [0.4, 0.5) is 11.5 Å². The third kappa shape index (κ3) is 11.0. The van der Waals surface area contributed by atoms with Crippen LogP contribution in [-0.2, 0) is 29.5 Å². The molecule has 4 heterocycles. The van der Waals surface area contributed by atoms with Crippen LogP contribution in [0.3, 0.4) is 0 Å². The Morgan fingerprint density at radius 3 is 2.01 bits per heavy atom. The number of nitro benzene ring substituents is 1. The normalized spacial score (nSPS) is 17.8. The third-order valence-corrected chi connectivity index (χ3v) is 16.2. The van der Waals surface area contributed by atoms with Crippen molar-refractivity contribution in [1.29, 1.82) is 5.26 Å². The van der Waals surface area contributed by atoms with E-state index in [9.17, 15) is 20.2 Å². The number of nitrogens with one attached hydrogen (secondary N) is 1. The number of fused-ring (bicyclic) bond motifs is 2. The van der Waals surface area contributed by atoms with Gasteiger partial charge in [0.1, 0.15) is 47.2 Å². The van der Waals surface area contributed by atoms with Crippen molar-refractivity contribution in [3.05, 3.63) is 183 Å². The summed E-state index contributed by atoms with van der Waals surface area (Å²) in [5, 5.41) is 25.2. The van der Waals surface area contributed by atoms with Gasteiger partial charge in [0, 0.05) is 23.7 Å². The highest BCUT2D eigenvalue weighted by molar-refractivity contribution is 7.44. The maximum absolute atomic E-state index is 15.2. The van der Waals surface area contributed by atoms with Crippen molar-refractivity contribution in [3.8, 4) is 17.6 Å². The Kier molecular flexibility index (Phi) is 16.8. The van der Waals surface area contributed by atoms with Gasteiger partial charge in [0.2, 0.25) is 0 Å². The summed E-state index contributed by atoms with van der Waals surface area (Å²) in [4.78, 5) is 70.9. The number of aromatic nitrogens is 4. The van der Waals surface area contributed by atoms with Crippen LogP contribution in [0.2, 0.25) is 0 Å². The minimum absolute atomic E-state index is 0.0131. The molecule has 20 nitrogen and oxygen atoms in total. The van der Waals surface area contributed by atoms with Crippen molar-refractivity contribution in [2.45, 2.75) is 102 Å². The molecule has 414 valence electrons. The molecule has 1 N–H and O–H groups in total. The van der Waals surface area contributed by atoms with Crippen LogP contribution in [0.5, 0.6) is 11.5 Å². The van der Waals surface area contributed by atoms with Gasteiger partial charge in [-0.2, -0.15) is 5.26 Å². The summed E-state index contributed by atoms with van der Waals surface area (Å²) in [6.45, 7) is 13.8. The first-order valence-electron chi connectivity index (χ1n) is 26.1. The zero-order chi connectivity index (χ0) is 57.0. The Morgan fingerprint density at radius 2 is 1.44 bits per heavy atom. The largest absolute Gasteiger partial charge is 0.497 e. The molecule has 0 saturated carbocycles.